The lowest BCUT2D eigenvalue weighted by molar-refractivity contribution is 0.0389. The third-order valence-corrected chi connectivity index (χ3v) is 4.14. The van der Waals surface area contributed by atoms with Crippen molar-refractivity contribution in [2.24, 2.45) is 4.99 Å². The fraction of sp³-hybridized carbons (Fsp3) is 0.923. The Morgan fingerprint density at radius 3 is 2.62 bits per heavy atom. The van der Waals surface area contributed by atoms with Gasteiger partial charge in [-0.25, -0.2) is 8.42 Å². The SMILES string of the molecule is CCNC(=NCCCS(C)(=O)=O)NCCN1CCOCC1. The molecule has 0 unspecified atom stereocenters. The average molecular weight is 320 g/mol. The minimum Gasteiger partial charge on any atom is -0.379 e. The van der Waals surface area contributed by atoms with Crippen LogP contribution < -0.4 is 10.6 Å². The monoisotopic (exact) mass is 320 g/mol. The molecule has 2 N–H and O–H groups in total. The summed E-state index contributed by atoms with van der Waals surface area (Å²) in [6, 6.07) is 0. The number of nitrogens with one attached hydrogen (secondary N) is 2. The second kappa shape index (κ2) is 9.97. The van der Waals surface area contributed by atoms with E-state index in [4.69, 9.17) is 4.74 Å². The topological polar surface area (TPSA) is 83.0 Å². The van der Waals surface area contributed by atoms with Gasteiger partial charge in [-0.2, -0.15) is 0 Å². The van der Waals surface area contributed by atoms with Crippen molar-refractivity contribution in [3.05, 3.63) is 0 Å². The van der Waals surface area contributed by atoms with Gasteiger partial charge in [0.1, 0.15) is 9.84 Å². The first-order valence-corrected chi connectivity index (χ1v) is 9.57. The van der Waals surface area contributed by atoms with Gasteiger partial charge in [0.05, 0.1) is 19.0 Å². The van der Waals surface area contributed by atoms with Gasteiger partial charge in [0.2, 0.25) is 0 Å². The van der Waals surface area contributed by atoms with Crippen LogP contribution >= 0.6 is 0 Å². The van der Waals surface area contributed by atoms with Crippen LogP contribution in [0.15, 0.2) is 4.99 Å². The zero-order valence-corrected chi connectivity index (χ0v) is 13.9. The summed E-state index contributed by atoms with van der Waals surface area (Å²) >= 11 is 0. The van der Waals surface area contributed by atoms with Crippen LogP contribution in [0.2, 0.25) is 0 Å². The van der Waals surface area contributed by atoms with Gasteiger partial charge in [0, 0.05) is 45.5 Å². The van der Waals surface area contributed by atoms with Crippen LogP contribution in [0.5, 0.6) is 0 Å². The maximum atomic E-state index is 11.1. The molecular formula is C13H28N4O3S. The van der Waals surface area contributed by atoms with Gasteiger partial charge in [-0.3, -0.25) is 9.89 Å². The molecule has 1 saturated heterocycles. The Balaban J connectivity index is 2.24. The summed E-state index contributed by atoms with van der Waals surface area (Å²) in [7, 11) is -2.89. The molecule has 1 rings (SSSR count). The highest BCUT2D eigenvalue weighted by Gasteiger charge is 2.09. The molecule has 7 nitrogen and oxygen atoms in total. The van der Waals surface area contributed by atoms with Gasteiger partial charge in [0.25, 0.3) is 0 Å². The number of sulfone groups is 1. The summed E-state index contributed by atoms with van der Waals surface area (Å²) in [4.78, 5) is 6.74. The van der Waals surface area contributed by atoms with Gasteiger partial charge in [0.15, 0.2) is 5.96 Å². The molecule has 0 bridgehead atoms. The molecule has 1 aliphatic heterocycles. The lowest BCUT2D eigenvalue weighted by atomic mass is 10.4. The zero-order chi connectivity index (χ0) is 15.6. The van der Waals surface area contributed by atoms with Crippen molar-refractivity contribution in [1.29, 1.82) is 0 Å². The van der Waals surface area contributed by atoms with E-state index in [0.717, 1.165) is 51.9 Å². The third-order valence-electron chi connectivity index (χ3n) is 3.11. The molecule has 0 aromatic carbocycles. The van der Waals surface area contributed by atoms with E-state index in [1.807, 2.05) is 6.92 Å². The molecule has 0 atom stereocenters. The Kier molecular flexibility index (Phi) is 8.63. The number of rotatable bonds is 8. The summed E-state index contributed by atoms with van der Waals surface area (Å²) in [5.74, 6) is 0.934. The molecule has 0 amide bonds. The average Bonchev–Trinajstić information content (AvgIpc) is 2.43. The van der Waals surface area contributed by atoms with Crippen molar-refractivity contribution < 1.29 is 13.2 Å². The summed E-state index contributed by atoms with van der Waals surface area (Å²) in [5, 5.41) is 6.44. The smallest absolute Gasteiger partial charge is 0.191 e. The molecule has 1 fully saturated rings. The Morgan fingerprint density at radius 2 is 2.00 bits per heavy atom. The number of morpholine rings is 1. The summed E-state index contributed by atoms with van der Waals surface area (Å²) in [5.41, 5.74) is 0. The summed E-state index contributed by atoms with van der Waals surface area (Å²) < 4.78 is 27.4. The molecule has 0 spiro atoms. The van der Waals surface area contributed by atoms with Gasteiger partial charge >= 0.3 is 0 Å². The Bertz CT molecular complexity index is 406. The molecule has 8 heteroatoms. The largest absolute Gasteiger partial charge is 0.379 e. The maximum absolute atomic E-state index is 11.1. The van der Waals surface area contributed by atoms with Gasteiger partial charge < -0.3 is 15.4 Å². The minimum absolute atomic E-state index is 0.184. The standard InChI is InChI=1S/C13H28N4O3S/c1-3-14-13(15-5-4-12-21(2,18)19)16-6-7-17-8-10-20-11-9-17/h3-12H2,1-2H3,(H2,14,15,16). The third kappa shape index (κ3) is 9.65. The normalized spacial score (nSPS) is 17.7. The molecule has 1 aliphatic rings. The second-order valence-corrected chi connectivity index (χ2v) is 7.38. The highest BCUT2D eigenvalue weighted by Crippen LogP contribution is 1.94. The number of guanidine groups is 1. The van der Waals surface area contributed by atoms with Crippen LogP contribution in [0.1, 0.15) is 13.3 Å². The minimum atomic E-state index is -2.89. The van der Waals surface area contributed by atoms with E-state index in [9.17, 15) is 8.42 Å². The van der Waals surface area contributed by atoms with Crippen LogP contribution in [0.25, 0.3) is 0 Å². The van der Waals surface area contributed by atoms with E-state index in [1.54, 1.807) is 0 Å². The van der Waals surface area contributed by atoms with E-state index in [-0.39, 0.29) is 5.75 Å². The summed E-state index contributed by atoms with van der Waals surface area (Å²) in [6.07, 6.45) is 1.81. The predicted octanol–water partition coefficient (Wildman–Crippen LogP) is -0.692. The van der Waals surface area contributed by atoms with Gasteiger partial charge in [-0.1, -0.05) is 0 Å². The Hall–Kier alpha value is -0.860. The lowest BCUT2D eigenvalue weighted by Gasteiger charge is -2.26. The molecule has 0 saturated carbocycles. The Morgan fingerprint density at radius 1 is 1.29 bits per heavy atom. The molecule has 124 valence electrons. The highest BCUT2D eigenvalue weighted by atomic mass is 32.2. The Labute approximate surface area is 128 Å². The van der Waals surface area contributed by atoms with E-state index >= 15 is 0 Å². The van der Waals surface area contributed by atoms with E-state index in [1.165, 1.54) is 6.26 Å². The first kappa shape index (κ1) is 18.2. The number of hydrogen-bond acceptors (Lipinski definition) is 5. The van der Waals surface area contributed by atoms with Crippen molar-refractivity contribution in [2.45, 2.75) is 13.3 Å². The van der Waals surface area contributed by atoms with Crippen molar-refractivity contribution in [2.75, 3.05) is 64.5 Å². The lowest BCUT2D eigenvalue weighted by Crippen LogP contribution is -2.44. The van der Waals surface area contributed by atoms with Crippen LogP contribution in [0.3, 0.4) is 0 Å². The molecule has 0 aliphatic carbocycles. The fourth-order valence-corrected chi connectivity index (χ4v) is 2.67. The maximum Gasteiger partial charge on any atom is 0.191 e. The van der Waals surface area contributed by atoms with Crippen molar-refractivity contribution in [3.63, 3.8) is 0 Å². The van der Waals surface area contributed by atoms with Crippen molar-refractivity contribution in [3.8, 4) is 0 Å². The number of ether oxygens (including phenoxy) is 1. The highest BCUT2D eigenvalue weighted by molar-refractivity contribution is 7.90. The van der Waals surface area contributed by atoms with Crippen LogP contribution in [-0.2, 0) is 14.6 Å². The van der Waals surface area contributed by atoms with E-state index in [2.05, 4.69) is 20.5 Å². The van der Waals surface area contributed by atoms with E-state index < -0.39 is 9.84 Å². The van der Waals surface area contributed by atoms with Crippen LogP contribution in [-0.4, -0.2) is 83.8 Å². The zero-order valence-electron chi connectivity index (χ0n) is 13.1. The fourth-order valence-electron chi connectivity index (χ4n) is 2.02. The molecule has 0 aromatic rings. The molecule has 21 heavy (non-hydrogen) atoms. The first-order valence-electron chi connectivity index (χ1n) is 7.51. The van der Waals surface area contributed by atoms with Gasteiger partial charge in [-0.15, -0.1) is 0 Å². The van der Waals surface area contributed by atoms with Gasteiger partial charge in [-0.05, 0) is 13.3 Å². The quantitative estimate of drug-likeness (QED) is 0.350. The van der Waals surface area contributed by atoms with Crippen LogP contribution in [0.4, 0.5) is 0 Å². The summed E-state index contributed by atoms with van der Waals surface area (Å²) in [6.45, 7) is 8.65. The van der Waals surface area contributed by atoms with E-state index in [0.29, 0.717) is 13.0 Å². The van der Waals surface area contributed by atoms with Crippen molar-refractivity contribution in [1.82, 2.24) is 15.5 Å². The molecule has 0 aromatic heterocycles. The number of aliphatic imine (C=N–C) groups is 1. The molecular weight excluding hydrogens is 292 g/mol. The predicted molar refractivity (Wildman–Crippen MR) is 85.6 cm³/mol. The number of hydrogen-bond donors (Lipinski definition) is 2. The van der Waals surface area contributed by atoms with Crippen LogP contribution in [0, 0.1) is 0 Å². The first-order chi connectivity index (χ1) is 10.0. The molecule has 0 radical (unpaired) electrons. The molecule has 1 heterocycles. The second-order valence-electron chi connectivity index (χ2n) is 5.12. The van der Waals surface area contributed by atoms with Crippen molar-refractivity contribution >= 4 is 15.8 Å². The number of nitrogens with zero attached hydrogens (tertiary/aromatic N) is 2.